The van der Waals surface area contributed by atoms with Crippen LogP contribution in [0.4, 0.5) is 0 Å². The summed E-state index contributed by atoms with van der Waals surface area (Å²) in [5, 5.41) is 0.435. The van der Waals surface area contributed by atoms with Crippen LogP contribution in [0, 0.1) is 0 Å². The zero-order chi connectivity index (χ0) is 8.81. The molecular weight excluding hydrogens is 192 g/mol. The second-order valence-electron chi connectivity index (χ2n) is 2.16. The van der Waals surface area contributed by atoms with E-state index in [9.17, 15) is 0 Å². The lowest BCUT2D eigenvalue weighted by Crippen LogP contribution is -2.04. The minimum absolute atomic E-state index is 0. The lowest BCUT2D eigenvalue weighted by Gasteiger charge is -2.04. The van der Waals surface area contributed by atoms with Gasteiger partial charge in [0.25, 0.3) is 0 Å². The highest BCUT2D eigenvalue weighted by molar-refractivity contribution is 6.29. The van der Waals surface area contributed by atoms with Gasteiger partial charge in [0.1, 0.15) is 17.5 Å². The number of nitrogens with zero attached hydrogens (tertiary/aromatic N) is 1. The van der Waals surface area contributed by atoms with Crippen molar-refractivity contribution in [3.05, 3.63) is 23.5 Å². The summed E-state index contributed by atoms with van der Waals surface area (Å²) >= 11 is 5.64. The molecule has 0 aromatic carbocycles. The summed E-state index contributed by atoms with van der Waals surface area (Å²) < 4.78 is 10.1. The normalized spacial score (nSPS) is 9.08. The van der Waals surface area contributed by atoms with Crippen LogP contribution in [0.15, 0.2) is 18.3 Å². The molecule has 1 heterocycles. The Hall–Kier alpha value is -0.840. The minimum Gasteiger partial charge on any atom is -0.491 e. The monoisotopic (exact) mass is 204 g/mol. The van der Waals surface area contributed by atoms with E-state index < -0.39 is 0 Å². The standard InChI is InChI=1S/C8H10ClNO2.H3N/c1-11-4-5-12-7-2-3-10-8(9)6-7;/h2-3,6H,4-5H2,1H3;1H3. The predicted octanol–water partition coefficient (Wildman–Crippen LogP) is 1.92. The smallest absolute Gasteiger partial charge is 0.132 e. The highest BCUT2D eigenvalue weighted by Crippen LogP contribution is 2.13. The van der Waals surface area contributed by atoms with Crippen molar-refractivity contribution in [3.8, 4) is 5.75 Å². The SMILES string of the molecule is COCCOc1ccnc(Cl)c1.N. The lowest BCUT2D eigenvalue weighted by atomic mass is 10.4. The highest BCUT2D eigenvalue weighted by atomic mass is 35.5. The maximum atomic E-state index is 5.64. The van der Waals surface area contributed by atoms with E-state index in [4.69, 9.17) is 21.1 Å². The Kier molecular flexibility index (Phi) is 6.22. The van der Waals surface area contributed by atoms with E-state index in [1.54, 1.807) is 25.4 Å². The number of pyridine rings is 1. The van der Waals surface area contributed by atoms with Crippen molar-refractivity contribution in [3.63, 3.8) is 0 Å². The molecule has 0 aliphatic carbocycles. The van der Waals surface area contributed by atoms with Gasteiger partial charge in [-0.1, -0.05) is 11.6 Å². The number of ether oxygens (including phenoxy) is 2. The highest BCUT2D eigenvalue weighted by Gasteiger charge is 1.94. The Morgan fingerprint density at radius 2 is 2.23 bits per heavy atom. The van der Waals surface area contributed by atoms with Gasteiger partial charge in [0.15, 0.2) is 0 Å². The summed E-state index contributed by atoms with van der Waals surface area (Å²) in [4.78, 5) is 3.82. The number of hydrogen-bond donors (Lipinski definition) is 1. The average Bonchev–Trinajstić information content (AvgIpc) is 2.05. The van der Waals surface area contributed by atoms with Crippen LogP contribution in [0.25, 0.3) is 0 Å². The van der Waals surface area contributed by atoms with Gasteiger partial charge >= 0.3 is 0 Å². The van der Waals surface area contributed by atoms with E-state index in [2.05, 4.69) is 4.98 Å². The van der Waals surface area contributed by atoms with Gasteiger partial charge in [0, 0.05) is 19.4 Å². The first-order chi connectivity index (χ1) is 5.83. The van der Waals surface area contributed by atoms with Crippen molar-refractivity contribution in [1.82, 2.24) is 11.1 Å². The van der Waals surface area contributed by atoms with Crippen molar-refractivity contribution in [2.75, 3.05) is 20.3 Å². The zero-order valence-electron chi connectivity index (χ0n) is 7.50. The Bertz CT molecular complexity index is 245. The molecule has 0 spiro atoms. The molecule has 0 fully saturated rings. The summed E-state index contributed by atoms with van der Waals surface area (Å²) in [5.74, 6) is 0.715. The third-order valence-electron chi connectivity index (χ3n) is 1.25. The maximum absolute atomic E-state index is 5.64. The molecule has 0 radical (unpaired) electrons. The first-order valence-electron chi connectivity index (χ1n) is 3.56. The molecule has 1 aromatic rings. The maximum Gasteiger partial charge on any atom is 0.132 e. The molecule has 0 atom stereocenters. The largest absolute Gasteiger partial charge is 0.491 e. The predicted molar refractivity (Wildman–Crippen MR) is 51.6 cm³/mol. The van der Waals surface area contributed by atoms with E-state index in [1.807, 2.05) is 0 Å². The molecule has 0 aliphatic heterocycles. The van der Waals surface area contributed by atoms with E-state index >= 15 is 0 Å². The van der Waals surface area contributed by atoms with Crippen molar-refractivity contribution in [1.29, 1.82) is 0 Å². The topological polar surface area (TPSA) is 66.3 Å². The molecule has 0 amide bonds. The van der Waals surface area contributed by atoms with Crippen LogP contribution < -0.4 is 10.9 Å². The molecule has 3 N–H and O–H groups in total. The molecule has 13 heavy (non-hydrogen) atoms. The molecule has 5 heteroatoms. The van der Waals surface area contributed by atoms with Crippen LogP contribution in [0.2, 0.25) is 5.15 Å². The van der Waals surface area contributed by atoms with Gasteiger partial charge in [0.2, 0.25) is 0 Å². The van der Waals surface area contributed by atoms with Gasteiger partial charge in [-0.3, -0.25) is 0 Å². The van der Waals surface area contributed by atoms with Crippen LogP contribution in [-0.4, -0.2) is 25.3 Å². The fourth-order valence-corrected chi connectivity index (χ4v) is 0.881. The molecule has 74 valence electrons. The molecule has 0 unspecified atom stereocenters. The van der Waals surface area contributed by atoms with Gasteiger partial charge in [-0.25, -0.2) is 4.98 Å². The van der Waals surface area contributed by atoms with Gasteiger partial charge in [-0.2, -0.15) is 0 Å². The molecule has 4 nitrogen and oxygen atoms in total. The van der Waals surface area contributed by atoms with Gasteiger partial charge in [-0.15, -0.1) is 0 Å². The minimum atomic E-state index is 0. The Balaban J connectivity index is 0.00000144. The Morgan fingerprint density at radius 3 is 2.85 bits per heavy atom. The first kappa shape index (κ1) is 12.2. The van der Waals surface area contributed by atoms with Gasteiger partial charge < -0.3 is 15.6 Å². The Labute approximate surface area is 82.4 Å². The average molecular weight is 205 g/mol. The summed E-state index contributed by atoms with van der Waals surface area (Å²) in [6.07, 6.45) is 1.60. The molecule has 1 aromatic heterocycles. The van der Waals surface area contributed by atoms with Crippen molar-refractivity contribution >= 4 is 11.6 Å². The number of halogens is 1. The van der Waals surface area contributed by atoms with Crippen LogP contribution in [0.3, 0.4) is 0 Å². The van der Waals surface area contributed by atoms with E-state index in [0.717, 1.165) is 0 Å². The number of methoxy groups -OCH3 is 1. The van der Waals surface area contributed by atoms with Gasteiger partial charge in [-0.05, 0) is 6.07 Å². The third-order valence-corrected chi connectivity index (χ3v) is 1.46. The summed E-state index contributed by atoms with van der Waals surface area (Å²) in [7, 11) is 1.63. The summed E-state index contributed by atoms with van der Waals surface area (Å²) in [6, 6.07) is 3.42. The molecule has 0 saturated heterocycles. The first-order valence-corrected chi connectivity index (χ1v) is 3.94. The van der Waals surface area contributed by atoms with Crippen LogP contribution in [0.1, 0.15) is 0 Å². The summed E-state index contributed by atoms with van der Waals surface area (Å²) in [6.45, 7) is 1.09. The number of hydrogen-bond acceptors (Lipinski definition) is 4. The summed E-state index contributed by atoms with van der Waals surface area (Å²) in [5.41, 5.74) is 0. The van der Waals surface area contributed by atoms with Crippen LogP contribution in [0.5, 0.6) is 5.75 Å². The molecule has 0 aliphatic rings. The lowest BCUT2D eigenvalue weighted by molar-refractivity contribution is 0.146. The van der Waals surface area contributed by atoms with E-state index in [1.165, 1.54) is 0 Å². The number of aromatic nitrogens is 1. The quantitative estimate of drug-likeness (QED) is 0.601. The molecule has 1 rings (SSSR count). The van der Waals surface area contributed by atoms with Gasteiger partial charge in [0.05, 0.1) is 6.61 Å². The molecule has 0 saturated carbocycles. The molecular formula is C8H13ClN2O2. The van der Waals surface area contributed by atoms with Crippen molar-refractivity contribution in [2.45, 2.75) is 0 Å². The fourth-order valence-electron chi connectivity index (χ4n) is 0.717. The molecule has 0 bridgehead atoms. The number of rotatable bonds is 4. The van der Waals surface area contributed by atoms with Crippen LogP contribution in [-0.2, 0) is 4.74 Å². The second-order valence-corrected chi connectivity index (χ2v) is 2.54. The third kappa shape index (κ3) is 4.67. The second kappa shape index (κ2) is 6.65. The zero-order valence-corrected chi connectivity index (χ0v) is 8.25. The van der Waals surface area contributed by atoms with Crippen LogP contribution >= 0.6 is 11.6 Å². The fraction of sp³-hybridized carbons (Fsp3) is 0.375. The van der Waals surface area contributed by atoms with Crippen molar-refractivity contribution < 1.29 is 9.47 Å². The van der Waals surface area contributed by atoms with E-state index in [0.29, 0.717) is 24.1 Å². The van der Waals surface area contributed by atoms with E-state index in [-0.39, 0.29) is 6.15 Å². The Morgan fingerprint density at radius 1 is 1.46 bits per heavy atom. The van der Waals surface area contributed by atoms with Crippen molar-refractivity contribution in [2.24, 2.45) is 0 Å².